The molecule has 28 heavy (non-hydrogen) atoms. The number of nitrogens with one attached hydrogen (secondary N) is 1. The third kappa shape index (κ3) is 4.43. The number of carbonyl (C=O) groups is 1. The summed E-state index contributed by atoms with van der Waals surface area (Å²) in [6.45, 7) is 6.50. The average Bonchev–Trinajstić information content (AvgIpc) is 2.75. The van der Waals surface area contributed by atoms with Crippen molar-refractivity contribution in [1.82, 2.24) is 9.97 Å². The molecule has 2 saturated heterocycles. The molecular weight excluding hydrogens is 350 g/mol. The predicted molar refractivity (Wildman–Crippen MR) is 113 cm³/mol. The lowest BCUT2D eigenvalue weighted by atomic mass is 10.0. The summed E-state index contributed by atoms with van der Waals surface area (Å²) in [6, 6.07) is 8.07. The molecule has 1 atom stereocenters. The second-order valence-corrected chi connectivity index (χ2v) is 8.00. The Kier molecular flexibility index (Phi) is 5.74. The lowest BCUT2D eigenvalue weighted by Gasteiger charge is -2.31. The van der Waals surface area contributed by atoms with Gasteiger partial charge in [-0.05, 0) is 62.3 Å². The van der Waals surface area contributed by atoms with Crippen molar-refractivity contribution in [3.8, 4) is 0 Å². The Labute approximate surface area is 167 Å². The lowest BCUT2D eigenvalue weighted by molar-refractivity contribution is 0.102. The van der Waals surface area contributed by atoms with Crippen LogP contribution in [0.2, 0.25) is 0 Å². The third-order valence-electron chi connectivity index (χ3n) is 5.70. The van der Waals surface area contributed by atoms with Gasteiger partial charge in [-0.25, -0.2) is 9.97 Å². The van der Waals surface area contributed by atoms with E-state index in [-0.39, 0.29) is 5.91 Å². The van der Waals surface area contributed by atoms with Crippen molar-refractivity contribution in [1.29, 1.82) is 0 Å². The van der Waals surface area contributed by atoms with E-state index < -0.39 is 0 Å². The maximum absolute atomic E-state index is 12.5. The molecular formula is C22H29N5O. The Balaban J connectivity index is 1.36. The fourth-order valence-corrected chi connectivity index (χ4v) is 4.10. The van der Waals surface area contributed by atoms with Gasteiger partial charge < -0.3 is 15.1 Å². The number of rotatable bonds is 4. The lowest BCUT2D eigenvalue weighted by Crippen LogP contribution is -2.35. The molecule has 6 nitrogen and oxygen atoms in total. The quantitative estimate of drug-likeness (QED) is 0.871. The summed E-state index contributed by atoms with van der Waals surface area (Å²) in [7, 11) is 0. The minimum absolute atomic E-state index is 0.225. The van der Waals surface area contributed by atoms with Gasteiger partial charge in [-0.2, -0.15) is 0 Å². The highest BCUT2D eigenvalue weighted by molar-refractivity contribution is 6.02. The fourth-order valence-electron chi connectivity index (χ4n) is 4.10. The molecule has 148 valence electrons. The number of hydrogen-bond donors (Lipinski definition) is 1. The van der Waals surface area contributed by atoms with Crippen molar-refractivity contribution in [3.63, 3.8) is 0 Å². The number of amides is 1. The summed E-state index contributed by atoms with van der Waals surface area (Å²) in [5.41, 5.74) is 2.34. The Morgan fingerprint density at radius 1 is 0.964 bits per heavy atom. The molecule has 2 aliphatic heterocycles. The first-order chi connectivity index (χ1) is 13.7. The maximum atomic E-state index is 12.5. The van der Waals surface area contributed by atoms with Gasteiger partial charge in [0.05, 0.1) is 12.4 Å². The van der Waals surface area contributed by atoms with Crippen molar-refractivity contribution in [2.75, 3.05) is 41.3 Å². The van der Waals surface area contributed by atoms with Gasteiger partial charge in [0.15, 0.2) is 0 Å². The standard InChI is InChI=1S/C22H29N5O/c1-17-6-5-13-27(16-17)21-15-23-20(14-24-21)22(28)25-18-7-9-19(10-8-18)26-11-3-2-4-12-26/h7-10,14-15,17H,2-6,11-13,16H2,1H3,(H,25,28). The molecule has 1 amide bonds. The molecule has 0 spiro atoms. The molecule has 2 aliphatic rings. The van der Waals surface area contributed by atoms with E-state index in [1.165, 1.54) is 37.8 Å². The van der Waals surface area contributed by atoms with Gasteiger partial charge >= 0.3 is 0 Å². The van der Waals surface area contributed by atoms with Crippen LogP contribution in [0.4, 0.5) is 17.2 Å². The van der Waals surface area contributed by atoms with Crippen molar-refractivity contribution in [2.24, 2.45) is 5.92 Å². The highest BCUT2D eigenvalue weighted by atomic mass is 16.1. The minimum Gasteiger partial charge on any atom is -0.372 e. The molecule has 4 rings (SSSR count). The molecule has 6 heteroatoms. The van der Waals surface area contributed by atoms with Gasteiger partial charge in [0.25, 0.3) is 5.91 Å². The van der Waals surface area contributed by atoms with Crippen molar-refractivity contribution < 1.29 is 4.79 Å². The van der Waals surface area contributed by atoms with Crippen molar-refractivity contribution in [3.05, 3.63) is 42.4 Å². The number of aromatic nitrogens is 2. The molecule has 1 unspecified atom stereocenters. The van der Waals surface area contributed by atoms with Crippen LogP contribution in [0.3, 0.4) is 0 Å². The Hall–Kier alpha value is -2.63. The summed E-state index contributed by atoms with van der Waals surface area (Å²) in [5.74, 6) is 1.30. The Morgan fingerprint density at radius 3 is 2.39 bits per heavy atom. The Morgan fingerprint density at radius 2 is 1.71 bits per heavy atom. The van der Waals surface area contributed by atoms with E-state index in [0.29, 0.717) is 11.6 Å². The van der Waals surface area contributed by atoms with Gasteiger partial charge in [0.1, 0.15) is 11.5 Å². The van der Waals surface area contributed by atoms with Crippen LogP contribution in [0.5, 0.6) is 0 Å². The van der Waals surface area contributed by atoms with Gasteiger partial charge in [-0.3, -0.25) is 4.79 Å². The number of carbonyl (C=O) groups excluding carboxylic acids is 1. The number of benzene rings is 1. The van der Waals surface area contributed by atoms with Crippen LogP contribution in [-0.4, -0.2) is 42.1 Å². The highest BCUT2D eigenvalue weighted by Gasteiger charge is 2.18. The summed E-state index contributed by atoms with van der Waals surface area (Å²) < 4.78 is 0. The van der Waals surface area contributed by atoms with Gasteiger partial charge in [-0.1, -0.05) is 6.92 Å². The van der Waals surface area contributed by atoms with E-state index in [9.17, 15) is 4.79 Å². The molecule has 2 aromatic rings. The molecule has 2 fully saturated rings. The predicted octanol–water partition coefficient (Wildman–Crippen LogP) is 3.96. The molecule has 1 aromatic heterocycles. The van der Waals surface area contributed by atoms with Crippen LogP contribution in [0.15, 0.2) is 36.7 Å². The number of piperidine rings is 2. The molecule has 0 aliphatic carbocycles. The molecule has 0 bridgehead atoms. The third-order valence-corrected chi connectivity index (χ3v) is 5.70. The van der Waals surface area contributed by atoms with Crippen molar-refractivity contribution >= 4 is 23.1 Å². The normalized spacial score (nSPS) is 20.1. The maximum Gasteiger partial charge on any atom is 0.275 e. The van der Waals surface area contributed by atoms with Crippen LogP contribution in [0, 0.1) is 5.92 Å². The van der Waals surface area contributed by atoms with Crippen LogP contribution in [-0.2, 0) is 0 Å². The molecule has 0 radical (unpaired) electrons. The number of anilines is 3. The zero-order valence-corrected chi connectivity index (χ0v) is 16.6. The second-order valence-electron chi connectivity index (χ2n) is 8.00. The van der Waals surface area contributed by atoms with Crippen LogP contribution in [0.25, 0.3) is 0 Å². The van der Waals surface area contributed by atoms with Gasteiger partial charge in [0, 0.05) is 37.6 Å². The topological polar surface area (TPSA) is 61.4 Å². The van der Waals surface area contributed by atoms with Crippen LogP contribution in [0.1, 0.15) is 49.5 Å². The van der Waals surface area contributed by atoms with E-state index in [1.807, 2.05) is 12.1 Å². The summed E-state index contributed by atoms with van der Waals surface area (Å²) >= 11 is 0. The van der Waals surface area contributed by atoms with E-state index in [4.69, 9.17) is 0 Å². The summed E-state index contributed by atoms with van der Waals surface area (Å²) in [4.78, 5) is 26.0. The first-order valence-corrected chi connectivity index (χ1v) is 10.4. The summed E-state index contributed by atoms with van der Waals surface area (Å²) in [6.07, 6.45) is 9.56. The average molecular weight is 380 g/mol. The van der Waals surface area contributed by atoms with E-state index >= 15 is 0 Å². The zero-order valence-electron chi connectivity index (χ0n) is 16.6. The van der Waals surface area contributed by atoms with Crippen LogP contribution < -0.4 is 15.1 Å². The minimum atomic E-state index is -0.225. The first kappa shape index (κ1) is 18.7. The SMILES string of the molecule is CC1CCCN(c2cnc(C(=O)Nc3ccc(N4CCCCC4)cc3)cn2)C1. The smallest absolute Gasteiger partial charge is 0.275 e. The number of hydrogen-bond acceptors (Lipinski definition) is 5. The van der Waals surface area contributed by atoms with Gasteiger partial charge in [-0.15, -0.1) is 0 Å². The Bertz CT molecular complexity index is 784. The van der Waals surface area contributed by atoms with E-state index in [2.05, 4.69) is 44.1 Å². The summed E-state index contributed by atoms with van der Waals surface area (Å²) in [5, 5.41) is 2.92. The second kappa shape index (κ2) is 8.59. The first-order valence-electron chi connectivity index (χ1n) is 10.4. The molecule has 1 aromatic carbocycles. The van der Waals surface area contributed by atoms with Gasteiger partial charge in [0.2, 0.25) is 0 Å². The highest BCUT2D eigenvalue weighted by Crippen LogP contribution is 2.23. The fraction of sp³-hybridized carbons (Fsp3) is 0.500. The van der Waals surface area contributed by atoms with E-state index in [0.717, 1.165) is 37.7 Å². The van der Waals surface area contributed by atoms with E-state index in [1.54, 1.807) is 12.4 Å². The monoisotopic (exact) mass is 379 g/mol. The van der Waals surface area contributed by atoms with Crippen molar-refractivity contribution in [2.45, 2.75) is 39.0 Å². The molecule has 0 saturated carbocycles. The number of nitrogens with zero attached hydrogens (tertiary/aromatic N) is 4. The molecule has 1 N–H and O–H groups in total. The van der Waals surface area contributed by atoms with Crippen LogP contribution >= 0.6 is 0 Å². The largest absolute Gasteiger partial charge is 0.372 e. The zero-order chi connectivity index (χ0) is 19.3. The molecule has 3 heterocycles.